The van der Waals surface area contributed by atoms with E-state index in [2.05, 4.69) is 71.6 Å². The van der Waals surface area contributed by atoms with Gasteiger partial charge in [0.15, 0.2) is 0 Å². The Morgan fingerprint density at radius 3 is 1.90 bits per heavy atom. The largest absolute Gasteiger partial charge is 0.453 e. The van der Waals surface area contributed by atoms with E-state index in [4.69, 9.17) is 23.9 Å². The highest BCUT2D eigenvalue weighted by Gasteiger charge is 2.40. The van der Waals surface area contributed by atoms with Crippen LogP contribution in [0.1, 0.15) is 69.1 Å². The van der Waals surface area contributed by atoms with Crippen molar-refractivity contribution < 1.29 is 38.1 Å². The number of benzene rings is 2. The summed E-state index contributed by atoms with van der Waals surface area (Å²) in [7, 11) is -0.148. The van der Waals surface area contributed by atoms with E-state index in [9.17, 15) is 24.6 Å². The van der Waals surface area contributed by atoms with Gasteiger partial charge in [-0.15, -0.1) is 0 Å². The summed E-state index contributed by atoms with van der Waals surface area (Å²) < 4.78 is 24.2. The number of nitrogens with one attached hydrogen (secondary N) is 4. The minimum absolute atomic E-state index is 0.140. The van der Waals surface area contributed by atoms with Gasteiger partial charge in [-0.25, -0.2) is 14.6 Å². The highest BCUT2D eigenvalue weighted by Crippen LogP contribution is 2.35. The Morgan fingerprint density at radius 1 is 0.808 bits per heavy atom. The quantitative estimate of drug-likeness (QED) is 0.0202. The smallest absolute Gasteiger partial charge is 0.407 e. The fraction of sp³-hybridized carbons (Fsp3) is 0.556. The third kappa shape index (κ3) is 17.1. The first kappa shape index (κ1) is 58.1. The number of amides is 4. The number of rotatable bonds is 21. The zero-order chi connectivity index (χ0) is 53.5. The van der Waals surface area contributed by atoms with Crippen molar-refractivity contribution in [3.05, 3.63) is 83.4 Å². The molecule has 0 bridgehead atoms. The molecular formula is C54H81N9O8Si2. The number of hydrogen-bond acceptors (Lipinski definition) is 11. The number of aromatic nitrogens is 2. The third-order valence-corrected chi connectivity index (χ3v) is 16.4. The Kier molecular flexibility index (Phi) is 21.5. The van der Waals surface area contributed by atoms with Gasteiger partial charge in [0, 0.05) is 72.9 Å². The molecule has 4 amide bonds. The highest BCUT2D eigenvalue weighted by molar-refractivity contribution is 6.76. The van der Waals surface area contributed by atoms with Crippen LogP contribution in [0.2, 0.25) is 51.4 Å². The van der Waals surface area contributed by atoms with Crippen molar-refractivity contribution in [3.8, 4) is 23.1 Å². The molecular weight excluding hydrogens is 959 g/mol. The molecule has 4 atom stereocenters. The van der Waals surface area contributed by atoms with Crippen molar-refractivity contribution >= 4 is 52.1 Å². The van der Waals surface area contributed by atoms with Crippen LogP contribution in [-0.2, 0) is 35.3 Å². The molecule has 398 valence electrons. The van der Waals surface area contributed by atoms with Crippen molar-refractivity contribution in [2.75, 3.05) is 60.3 Å². The number of alkyl carbamates (subject to hydrolysis) is 2. The summed E-state index contributed by atoms with van der Waals surface area (Å²) in [5.74, 6) is 6.78. The van der Waals surface area contributed by atoms with Crippen LogP contribution in [-0.4, -0.2) is 149 Å². The number of methoxy groups -OCH3 is 2. The lowest BCUT2D eigenvalue weighted by atomic mass is 10.0. The lowest BCUT2D eigenvalue weighted by Crippen LogP contribution is -2.63. The summed E-state index contributed by atoms with van der Waals surface area (Å²) in [5.41, 5.74) is 4.38. The molecule has 0 spiro atoms. The molecule has 3 aromatic rings. The summed E-state index contributed by atoms with van der Waals surface area (Å²) in [5, 5.41) is 18.2. The van der Waals surface area contributed by atoms with Gasteiger partial charge in [-0.2, -0.15) is 0 Å². The van der Waals surface area contributed by atoms with Crippen LogP contribution in [0.15, 0.2) is 60.9 Å². The number of nitrogens with zero attached hydrogens (tertiary/aromatic N) is 5. The Hall–Kier alpha value is -5.79. The molecule has 0 radical (unpaired) electrons. The molecule has 0 aliphatic carbocycles. The molecule has 73 heavy (non-hydrogen) atoms. The number of imidazole rings is 1. The first-order valence-corrected chi connectivity index (χ1v) is 33.0. The van der Waals surface area contributed by atoms with Crippen molar-refractivity contribution in [3.63, 3.8) is 0 Å². The fourth-order valence-corrected chi connectivity index (χ4v) is 9.98. The first-order valence-electron chi connectivity index (χ1n) is 25.6. The number of amidine groups is 1. The normalized spacial score (nSPS) is 17.0. The van der Waals surface area contributed by atoms with Crippen molar-refractivity contribution in [2.45, 2.75) is 123 Å². The van der Waals surface area contributed by atoms with E-state index in [1.165, 1.54) is 14.2 Å². The van der Waals surface area contributed by atoms with Crippen molar-refractivity contribution in [2.24, 2.45) is 11.8 Å². The number of carbonyl (C=O) groups is 4. The minimum atomic E-state index is -1.37. The van der Waals surface area contributed by atoms with E-state index in [-0.39, 0.29) is 49.0 Å². The third-order valence-electron chi connectivity index (χ3n) is 13.0. The number of carbonyl (C=O) groups excluding carboxylic acids is 4. The van der Waals surface area contributed by atoms with Crippen LogP contribution in [0.5, 0.6) is 0 Å². The molecule has 17 nitrogen and oxygen atoms in total. The monoisotopic (exact) mass is 1040 g/mol. The number of ether oxygens (including phenoxy) is 4. The maximum absolute atomic E-state index is 14.0. The molecule has 2 fully saturated rings. The second-order valence-electron chi connectivity index (χ2n) is 21.9. The highest BCUT2D eigenvalue weighted by atomic mass is 28.3. The van der Waals surface area contributed by atoms with Gasteiger partial charge in [-0.05, 0) is 78.2 Å². The molecule has 0 saturated carbocycles. The van der Waals surface area contributed by atoms with Crippen molar-refractivity contribution in [1.82, 2.24) is 40.2 Å². The summed E-state index contributed by atoms with van der Waals surface area (Å²) in [6.45, 7) is 24.9. The Morgan fingerprint density at radius 2 is 1.36 bits per heavy atom. The maximum atomic E-state index is 14.0. The van der Waals surface area contributed by atoms with Crippen LogP contribution in [0, 0.1) is 29.1 Å². The standard InChI is InChI=1S/C54H81N9O8Si2/c1-38(2)47(58-53(66)68-5)51(64)61-27-13-14-44(61)50-57-35-45(63(50)37-71-31-33-73(10,11)12)43-23-21-41(22-24-43)16-15-40-17-19-42(20-18-40)25-28-60(36-70-30-32-72(7,8)9)49(55)46-34-56-26-29-62(46)52(65)48(39(3)4)59-54(67)69-6/h17-25,28,35,38-39,44,46-48,55-56H,13-14,26-27,29-34,36-37H2,1-12H3,(H,58,66)(H,59,67)/b28-25+,55-49?/t44-,46-,47-,48-/m0/s1. The molecule has 2 aliphatic heterocycles. The molecule has 1 aromatic heterocycles. The Bertz CT molecular complexity index is 2420. The van der Waals surface area contributed by atoms with Gasteiger partial charge in [0.2, 0.25) is 11.8 Å². The van der Waals surface area contributed by atoms with E-state index in [1.54, 1.807) is 9.80 Å². The van der Waals surface area contributed by atoms with E-state index in [0.717, 1.165) is 58.7 Å². The van der Waals surface area contributed by atoms with Gasteiger partial charge in [-0.1, -0.05) is 103 Å². The first-order chi connectivity index (χ1) is 34.6. The molecule has 19 heteroatoms. The van der Waals surface area contributed by atoms with Crippen LogP contribution >= 0.6 is 0 Å². The Balaban J connectivity index is 1.33. The van der Waals surface area contributed by atoms with Crippen LogP contribution < -0.4 is 16.0 Å². The molecule has 2 aliphatic rings. The summed E-state index contributed by atoms with van der Waals surface area (Å²) >= 11 is 0. The van der Waals surface area contributed by atoms with Crippen LogP contribution in [0.25, 0.3) is 17.3 Å². The van der Waals surface area contributed by atoms with Gasteiger partial charge in [0.25, 0.3) is 0 Å². The molecule has 4 N–H and O–H groups in total. The number of likely N-dealkylation sites (tertiary alicyclic amines) is 1. The maximum Gasteiger partial charge on any atom is 0.407 e. The molecule has 0 unspecified atom stereocenters. The summed E-state index contributed by atoms with van der Waals surface area (Å²) in [6, 6.07) is 15.5. The van der Waals surface area contributed by atoms with Gasteiger partial charge < -0.3 is 54.2 Å². The zero-order valence-electron chi connectivity index (χ0n) is 45.3. The van der Waals surface area contributed by atoms with E-state index in [0.29, 0.717) is 39.4 Å². The average molecular weight is 1040 g/mol. The lowest BCUT2D eigenvalue weighted by Gasteiger charge is -2.41. The molecule has 3 heterocycles. The van der Waals surface area contributed by atoms with E-state index in [1.807, 2.05) is 99.6 Å². The van der Waals surface area contributed by atoms with Gasteiger partial charge >= 0.3 is 12.2 Å². The van der Waals surface area contributed by atoms with E-state index < -0.39 is 46.5 Å². The molecule has 2 aromatic carbocycles. The topological polar surface area (TPSA) is 193 Å². The Labute approximate surface area is 435 Å². The van der Waals surface area contributed by atoms with Crippen LogP contribution in [0.3, 0.4) is 0 Å². The van der Waals surface area contributed by atoms with Crippen LogP contribution in [0.4, 0.5) is 9.59 Å². The van der Waals surface area contributed by atoms with Gasteiger partial charge in [-0.3, -0.25) is 15.0 Å². The average Bonchev–Trinajstić information content (AvgIpc) is 4.02. The summed E-state index contributed by atoms with van der Waals surface area (Å²) in [4.78, 5) is 62.6. The van der Waals surface area contributed by atoms with E-state index >= 15 is 0 Å². The zero-order valence-corrected chi connectivity index (χ0v) is 47.3. The number of hydrogen-bond donors (Lipinski definition) is 4. The number of piperazine rings is 1. The lowest BCUT2D eigenvalue weighted by molar-refractivity contribution is -0.136. The predicted molar refractivity (Wildman–Crippen MR) is 292 cm³/mol. The summed E-state index contributed by atoms with van der Waals surface area (Å²) in [6.07, 6.45) is 5.83. The molecule has 5 rings (SSSR count). The van der Waals surface area contributed by atoms with Gasteiger partial charge in [0.05, 0.1) is 32.2 Å². The SMILES string of the molecule is COC(=O)N[C@H](C(=O)N1CCNC[C@H]1C(=N)N(/C=C/c1ccc(C#Cc2ccc(-c3cnc([C@@H]4CCCN4C(=O)[C@@H](NC(=O)OC)C(C)C)n3COCC[Si](C)(C)C)cc2)cc1)COCC[Si](C)(C)C)C(C)C. The fourth-order valence-electron chi connectivity index (χ4n) is 8.47. The second-order valence-corrected chi connectivity index (χ2v) is 33.1. The molecule has 2 saturated heterocycles. The predicted octanol–water partition coefficient (Wildman–Crippen LogP) is 8.05. The second kappa shape index (κ2) is 27.0. The minimum Gasteiger partial charge on any atom is -0.453 e. The van der Waals surface area contributed by atoms with Crippen molar-refractivity contribution in [1.29, 1.82) is 5.41 Å². The van der Waals surface area contributed by atoms with Gasteiger partial charge in [0.1, 0.15) is 43.2 Å².